The first-order valence-corrected chi connectivity index (χ1v) is 6.57. The third-order valence-corrected chi connectivity index (χ3v) is 3.47. The van der Waals surface area contributed by atoms with Gasteiger partial charge >= 0.3 is 0 Å². The third kappa shape index (κ3) is 2.68. The van der Waals surface area contributed by atoms with Crippen molar-refractivity contribution < 1.29 is 0 Å². The van der Waals surface area contributed by atoms with Gasteiger partial charge in [0.15, 0.2) is 0 Å². The molecular weight excluding hydrogens is 214 g/mol. The molecule has 2 heterocycles. The first-order valence-electron chi connectivity index (χ1n) is 6.57. The summed E-state index contributed by atoms with van der Waals surface area (Å²) in [5, 5.41) is 0. The van der Waals surface area contributed by atoms with Crippen LogP contribution in [0.15, 0.2) is 4.79 Å². The van der Waals surface area contributed by atoms with Gasteiger partial charge in [-0.15, -0.1) is 0 Å². The summed E-state index contributed by atoms with van der Waals surface area (Å²) in [6.45, 7) is 5.93. The fraction of sp³-hybridized carbons (Fsp3) is 0.692. The summed E-state index contributed by atoms with van der Waals surface area (Å²) in [4.78, 5) is 21.6. The zero-order valence-electron chi connectivity index (χ0n) is 10.8. The lowest BCUT2D eigenvalue weighted by Gasteiger charge is -2.21. The fourth-order valence-electron chi connectivity index (χ4n) is 2.44. The Bertz CT molecular complexity index is 431. The van der Waals surface area contributed by atoms with Gasteiger partial charge in [0.05, 0.1) is 0 Å². The van der Waals surface area contributed by atoms with Crippen LogP contribution in [-0.2, 0) is 6.42 Å². The van der Waals surface area contributed by atoms with Crippen molar-refractivity contribution in [2.24, 2.45) is 0 Å². The fourth-order valence-corrected chi connectivity index (χ4v) is 2.44. The Balaban J connectivity index is 2.29. The largest absolute Gasteiger partial charge is 0.342 e. The maximum absolute atomic E-state index is 11.9. The number of anilines is 1. The molecule has 0 aliphatic carbocycles. The van der Waals surface area contributed by atoms with Gasteiger partial charge in [-0.2, -0.15) is 0 Å². The molecule has 1 fully saturated rings. The second-order valence-corrected chi connectivity index (χ2v) is 4.71. The average Bonchev–Trinajstić information content (AvgIpc) is 2.57. The minimum absolute atomic E-state index is 0.0271. The first-order chi connectivity index (χ1) is 8.22. The number of nitrogens with zero attached hydrogens (tertiary/aromatic N) is 2. The molecule has 94 valence electrons. The Hall–Kier alpha value is -1.32. The topological polar surface area (TPSA) is 49.0 Å². The van der Waals surface area contributed by atoms with E-state index in [-0.39, 0.29) is 5.56 Å². The lowest BCUT2D eigenvalue weighted by atomic mass is 10.2. The van der Waals surface area contributed by atoms with E-state index in [0.717, 1.165) is 36.7 Å². The highest BCUT2D eigenvalue weighted by Gasteiger charge is 2.14. The molecule has 1 aliphatic heterocycles. The highest BCUT2D eigenvalue weighted by molar-refractivity contribution is 5.33. The Morgan fingerprint density at radius 2 is 1.88 bits per heavy atom. The minimum atomic E-state index is 0.0271. The maximum atomic E-state index is 11.9. The normalized spacial score (nSPS) is 16.9. The molecule has 17 heavy (non-hydrogen) atoms. The van der Waals surface area contributed by atoms with Crippen molar-refractivity contribution in [3.05, 3.63) is 21.6 Å². The third-order valence-electron chi connectivity index (χ3n) is 3.47. The van der Waals surface area contributed by atoms with Crippen LogP contribution in [0.2, 0.25) is 0 Å². The monoisotopic (exact) mass is 235 g/mol. The van der Waals surface area contributed by atoms with Crippen LogP contribution >= 0.6 is 0 Å². The molecule has 1 aliphatic rings. The van der Waals surface area contributed by atoms with E-state index in [9.17, 15) is 4.79 Å². The van der Waals surface area contributed by atoms with Gasteiger partial charge in [0.25, 0.3) is 5.56 Å². The quantitative estimate of drug-likeness (QED) is 0.853. The van der Waals surface area contributed by atoms with E-state index >= 15 is 0 Å². The standard InChI is InChI=1S/C13H21N3O/c1-3-11-10(2)14-13(15-12(11)17)16-8-6-4-5-7-9-16/h3-9H2,1-2H3,(H,14,15,17). The predicted octanol–water partition coefficient (Wildman–Crippen LogP) is 2.02. The van der Waals surface area contributed by atoms with E-state index in [1.54, 1.807) is 0 Å². The van der Waals surface area contributed by atoms with Gasteiger partial charge in [-0.3, -0.25) is 9.78 Å². The molecule has 0 spiro atoms. The van der Waals surface area contributed by atoms with Gasteiger partial charge in [0.2, 0.25) is 5.95 Å². The number of aromatic nitrogens is 2. The minimum Gasteiger partial charge on any atom is -0.342 e. The van der Waals surface area contributed by atoms with Crippen LogP contribution in [0.25, 0.3) is 0 Å². The van der Waals surface area contributed by atoms with Crippen LogP contribution in [0.3, 0.4) is 0 Å². The van der Waals surface area contributed by atoms with Crippen molar-refractivity contribution >= 4 is 5.95 Å². The molecule has 0 bridgehead atoms. The molecule has 0 radical (unpaired) electrons. The van der Waals surface area contributed by atoms with E-state index < -0.39 is 0 Å². The number of nitrogens with one attached hydrogen (secondary N) is 1. The van der Waals surface area contributed by atoms with Gasteiger partial charge in [-0.05, 0) is 26.2 Å². The molecule has 1 N–H and O–H groups in total. The van der Waals surface area contributed by atoms with Crippen molar-refractivity contribution in [3.63, 3.8) is 0 Å². The van der Waals surface area contributed by atoms with E-state index in [1.807, 2.05) is 13.8 Å². The molecule has 0 atom stereocenters. The summed E-state index contributed by atoms with van der Waals surface area (Å²) in [7, 11) is 0. The summed E-state index contributed by atoms with van der Waals surface area (Å²) >= 11 is 0. The van der Waals surface area contributed by atoms with E-state index in [2.05, 4.69) is 14.9 Å². The lowest BCUT2D eigenvalue weighted by molar-refractivity contribution is 0.726. The zero-order chi connectivity index (χ0) is 12.3. The molecule has 1 saturated heterocycles. The van der Waals surface area contributed by atoms with Crippen molar-refractivity contribution in [3.8, 4) is 0 Å². The zero-order valence-corrected chi connectivity index (χ0v) is 10.8. The van der Waals surface area contributed by atoms with Crippen molar-refractivity contribution in [2.45, 2.75) is 46.0 Å². The maximum Gasteiger partial charge on any atom is 0.255 e. The van der Waals surface area contributed by atoms with Gasteiger partial charge in [0.1, 0.15) is 0 Å². The number of rotatable bonds is 2. The summed E-state index contributed by atoms with van der Waals surface area (Å²) < 4.78 is 0. The Morgan fingerprint density at radius 3 is 2.41 bits per heavy atom. The molecule has 0 unspecified atom stereocenters. The van der Waals surface area contributed by atoms with Gasteiger partial charge < -0.3 is 4.90 Å². The summed E-state index contributed by atoms with van der Waals surface area (Å²) in [6, 6.07) is 0. The summed E-state index contributed by atoms with van der Waals surface area (Å²) in [5.74, 6) is 0.756. The molecule has 1 aromatic rings. The molecule has 0 aromatic carbocycles. The van der Waals surface area contributed by atoms with Crippen molar-refractivity contribution in [2.75, 3.05) is 18.0 Å². The second kappa shape index (κ2) is 5.34. The number of hydrogen-bond donors (Lipinski definition) is 1. The summed E-state index contributed by atoms with van der Waals surface area (Å²) in [6.07, 6.45) is 5.70. The summed E-state index contributed by atoms with van der Waals surface area (Å²) in [5.41, 5.74) is 1.71. The van der Waals surface area contributed by atoms with Gasteiger partial charge in [-0.1, -0.05) is 19.8 Å². The lowest BCUT2D eigenvalue weighted by Crippen LogP contribution is -2.29. The molecule has 0 amide bonds. The van der Waals surface area contributed by atoms with E-state index in [1.165, 1.54) is 25.7 Å². The molecule has 4 nitrogen and oxygen atoms in total. The highest BCUT2D eigenvalue weighted by atomic mass is 16.1. The van der Waals surface area contributed by atoms with Gasteiger partial charge in [0, 0.05) is 24.3 Å². The molecular formula is C13H21N3O. The number of aryl methyl sites for hydroxylation is 1. The Labute approximate surface area is 102 Å². The van der Waals surface area contributed by atoms with E-state index in [4.69, 9.17) is 0 Å². The van der Waals surface area contributed by atoms with Crippen LogP contribution < -0.4 is 10.5 Å². The van der Waals surface area contributed by atoms with Crippen LogP contribution in [0, 0.1) is 6.92 Å². The van der Waals surface area contributed by atoms with Gasteiger partial charge in [-0.25, -0.2) is 4.98 Å². The average molecular weight is 235 g/mol. The van der Waals surface area contributed by atoms with Crippen LogP contribution in [0.4, 0.5) is 5.95 Å². The van der Waals surface area contributed by atoms with Crippen LogP contribution in [-0.4, -0.2) is 23.1 Å². The molecule has 4 heteroatoms. The second-order valence-electron chi connectivity index (χ2n) is 4.71. The highest BCUT2D eigenvalue weighted by Crippen LogP contribution is 2.15. The first kappa shape index (κ1) is 12.1. The molecule has 2 rings (SSSR count). The Morgan fingerprint density at radius 1 is 1.24 bits per heavy atom. The Kier molecular flexibility index (Phi) is 3.82. The number of aromatic amines is 1. The predicted molar refractivity (Wildman–Crippen MR) is 69.7 cm³/mol. The number of hydrogen-bond acceptors (Lipinski definition) is 3. The smallest absolute Gasteiger partial charge is 0.255 e. The molecule has 1 aromatic heterocycles. The van der Waals surface area contributed by atoms with E-state index in [0.29, 0.717) is 0 Å². The SMILES string of the molecule is CCc1c(C)nc(N2CCCCCC2)[nH]c1=O. The molecule has 0 saturated carbocycles. The van der Waals surface area contributed by atoms with Crippen molar-refractivity contribution in [1.82, 2.24) is 9.97 Å². The van der Waals surface area contributed by atoms with Crippen molar-refractivity contribution in [1.29, 1.82) is 0 Å². The van der Waals surface area contributed by atoms with Crippen LogP contribution in [0.5, 0.6) is 0 Å². The number of H-pyrrole nitrogens is 1. The van der Waals surface area contributed by atoms with Crippen LogP contribution in [0.1, 0.15) is 43.9 Å².